The Labute approximate surface area is 255 Å². The van der Waals surface area contributed by atoms with Crippen LogP contribution in [0.15, 0.2) is 24.3 Å². The van der Waals surface area contributed by atoms with Gasteiger partial charge < -0.3 is 10.4 Å². The minimum Gasteiger partial charge on any atom is -0.378 e. The van der Waals surface area contributed by atoms with Gasteiger partial charge in [-0.3, -0.25) is 14.6 Å². The van der Waals surface area contributed by atoms with Crippen molar-refractivity contribution >= 4 is 38.9 Å². The first-order valence-electron chi connectivity index (χ1n) is 14.7. The molecule has 4 N–H and O–H groups in total. The second kappa shape index (κ2) is 12.9. The summed E-state index contributed by atoms with van der Waals surface area (Å²) in [6.07, 6.45) is 4.15. The lowest BCUT2D eigenvalue weighted by Gasteiger charge is -2.41. The van der Waals surface area contributed by atoms with Gasteiger partial charge in [0.2, 0.25) is 10.0 Å². The zero-order valence-electron chi connectivity index (χ0n) is 26.1. The van der Waals surface area contributed by atoms with Gasteiger partial charge >= 0.3 is 0 Å². The van der Waals surface area contributed by atoms with Gasteiger partial charge in [0.15, 0.2) is 17.6 Å². The van der Waals surface area contributed by atoms with Gasteiger partial charge in [-0.25, -0.2) is 12.9 Å². The number of unbranched alkanes of at least 4 members (excludes halogenated alkanes) is 5. The highest BCUT2D eigenvalue weighted by atomic mass is 35.5. The first-order valence-corrected chi connectivity index (χ1v) is 16.7. The van der Waals surface area contributed by atoms with Crippen LogP contribution in [0.1, 0.15) is 117 Å². The quantitative estimate of drug-likeness (QED) is 0.162. The fraction of sp³-hybridized carbons (Fsp3) is 0.633. The molecule has 42 heavy (non-hydrogen) atoms. The number of anilines is 1. The van der Waals surface area contributed by atoms with E-state index in [9.17, 15) is 18.3 Å². The number of carbonyl (C=O) groups is 1. The maximum Gasteiger partial charge on any atom is 0.253 e. The van der Waals surface area contributed by atoms with Crippen molar-refractivity contribution in [2.45, 2.75) is 116 Å². The van der Waals surface area contributed by atoms with E-state index in [0.29, 0.717) is 22.9 Å². The number of fused-ring (bicyclic) bond motifs is 1. The van der Waals surface area contributed by atoms with Crippen molar-refractivity contribution in [3.8, 4) is 0 Å². The highest BCUT2D eigenvalue weighted by Crippen LogP contribution is 2.38. The van der Waals surface area contributed by atoms with Crippen molar-refractivity contribution < 1.29 is 18.3 Å². The molecule has 12 heteroatoms. The molecule has 0 fully saturated rings. The summed E-state index contributed by atoms with van der Waals surface area (Å²) in [7, 11) is -3.66. The summed E-state index contributed by atoms with van der Waals surface area (Å²) >= 11 is 6.62. The molecule has 10 nitrogen and oxygen atoms in total. The molecule has 0 aliphatic heterocycles. The van der Waals surface area contributed by atoms with Gasteiger partial charge in [0.25, 0.3) is 5.91 Å². The SMILES string of the molecule is CCCCCCCCS(=O)(=O)Nc1ccccc1C(O)C(=O)NC(C)(C)C(C)(C)c1nnc2c(Cl)c(C(C)(C)C)[nH]n12. The summed E-state index contributed by atoms with van der Waals surface area (Å²) in [5.41, 5.74) is -0.309. The van der Waals surface area contributed by atoms with Crippen LogP contribution in [-0.2, 0) is 25.6 Å². The number of aliphatic hydroxyl groups excluding tert-OH is 1. The van der Waals surface area contributed by atoms with E-state index in [1.165, 1.54) is 0 Å². The highest BCUT2D eigenvalue weighted by molar-refractivity contribution is 7.92. The number of hydrogen-bond donors (Lipinski definition) is 4. The number of halogens is 1. The van der Waals surface area contributed by atoms with Crippen LogP contribution >= 0.6 is 11.6 Å². The molecule has 3 aromatic rings. The minimum atomic E-state index is -3.66. The molecule has 0 bridgehead atoms. The summed E-state index contributed by atoms with van der Waals surface area (Å²) < 4.78 is 29.9. The number of aromatic nitrogens is 4. The Balaban J connectivity index is 1.78. The van der Waals surface area contributed by atoms with Gasteiger partial charge in [-0.15, -0.1) is 10.2 Å². The number of nitrogens with one attached hydrogen (secondary N) is 3. The molecule has 2 heterocycles. The molecule has 2 aromatic heterocycles. The lowest BCUT2D eigenvalue weighted by atomic mass is 9.73. The topological polar surface area (TPSA) is 141 Å². The zero-order valence-corrected chi connectivity index (χ0v) is 27.7. The van der Waals surface area contributed by atoms with Crippen molar-refractivity contribution in [2.75, 3.05) is 10.5 Å². The van der Waals surface area contributed by atoms with Crippen molar-refractivity contribution in [1.82, 2.24) is 25.1 Å². The number of nitrogens with zero attached hydrogens (tertiary/aromatic N) is 3. The molecule has 0 aliphatic carbocycles. The number of sulfonamides is 1. The van der Waals surface area contributed by atoms with Crippen LogP contribution < -0.4 is 10.0 Å². The van der Waals surface area contributed by atoms with E-state index in [0.717, 1.165) is 37.8 Å². The van der Waals surface area contributed by atoms with E-state index < -0.39 is 33.0 Å². The molecule has 0 radical (unpaired) electrons. The number of amides is 1. The van der Waals surface area contributed by atoms with E-state index in [1.807, 2.05) is 48.5 Å². The monoisotopic (exact) mass is 622 g/mol. The summed E-state index contributed by atoms with van der Waals surface area (Å²) in [6, 6.07) is 6.41. The van der Waals surface area contributed by atoms with Crippen LogP contribution in [0.25, 0.3) is 5.65 Å². The van der Waals surface area contributed by atoms with E-state index in [4.69, 9.17) is 11.6 Å². The number of rotatable bonds is 14. The molecule has 234 valence electrons. The smallest absolute Gasteiger partial charge is 0.253 e. The number of benzene rings is 1. The number of aliphatic hydroxyl groups is 1. The predicted molar refractivity (Wildman–Crippen MR) is 168 cm³/mol. The Morgan fingerprint density at radius 1 is 1.02 bits per heavy atom. The van der Waals surface area contributed by atoms with Crippen molar-refractivity contribution in [1.29, 1.82) is 0 Å². The second-order valence-corrected chi connectivity index (χ2v) is 15.4. The number of hydrogen-bond acceptors (Lipinski definition) is 6. The molecule has 1 atom stereocenters. The fourth-order valence-corrected chi connectivity index (χ4v) is 6.43. The van der Waals surface area contributed by atoms with Crippen molar-refractivity contribution in [3.63, 3.8) is 0 Å². The maximum absolute atomic E-state index is 13.4. The van der Waals surface area contributed by atoms with E-state index in [1.54, 1.807) is 28.8 Å². The molecular weight excluding hydrogens is 576 g/mol. The molecule has 3 rings (SSSR count). The summed E-state index contributed by atoms with van der Waals surface area (Å²) in [5, 5.41) is 26.6. The lowest BCUT2D eigenvalue weighted by Crippen LogP contribution is -2.57. The second-order valence-electron chi connectivity index (χ2n) is 13.2. The summed E-state index contributed by atoms with van der Waals surface area (Å²) in [6.45, 7) is 15.8. The van der Waals surface area contributed by atoms with E-state index in [-0.39, 0.29) is 22.4 Å². The van der Waals surface area contributed by atoms with Crippen LogP contribution in [0.3, 0.4) is 0 Å². The Morgan fingerprint density at radius 2 is 1.64 bits per heavy atom. The van der Waals surface area contributed by atoms with Gasteiger partial charge in [0.1, 0.15) is 5.02 Å². The van der Waals surface area contributed by atoms with Crippen molar-refractivity contribution in [2.24, 2.45) is 0 Å². The first-order chi connectivity index (χ1) is 19.4. The lowest BCUT2D eigenvalue weighted by molar-refractivity contribution is -0.132. The van der Waals surface area contributed by atoms with Crippen LogP contribution in [0.5, 0.6) is 0 Å². The number of aromatic amines is 1. The number of H-pyrrole nitrogens is 1. The minimum absolute atomic E-state index is 0.0243. The van der Waals surface area contributed by atoms with Gasteiger partial charge in [-0.2, -0.15) is 0 Å². The summed E-state index contributed by atoms with van der Waals surface area (Å²) in [5.74, 6) is -0.141. The third-order valence-corrected chi connectivity index (χ3v) is 9.86. The fourth-order valence-electron chi connectivity index (χ4n) is 4.78. The number of para-hydroxylation sites is 1. The van der Waals surface area contributed by atoms with Crippen LogP contribution in [-0.4, -0.2) is 50.5 Å². The average Bonchev–Trinajstić information content (AvgIpc) is 3.46. The van der Waals surface area contributed by atoms with Gasteiger partial charge in [-0.1, -0.05) is 103 Å². The molecule has 0 spiro atoms. The molecule has 1 unspecified atom stereocenters. The molecule has 1 amide bonds. The Morgan fingerprint density at radius 3 is 2.29 bits per heavy atom. The largest absolute Gasteiger partial charge is 0.378 e. The molecule has 1 aromatic carbocycles. The normalized spacial score (nSPS) is 13.9. The molecular formula is C30H47ClN6O4S. The third kappa shape index (κ3) is 7.47. The Bertz CT molecular complexity index is 1490. The van der Waals surface area contributed by atoms with Gasteiger partial charge in [-0.05, 0) is 26.3 Å². The van der Waals surface area contributed by atoms with Crippen LogP contribution in [0.2, 0.25) is 5.02 Å². The molecule has 0 aliphatic rings. The molecule has 0 saturated carbocycles. The number of carbonyl (C=O) groups excluding carboxylic acids is 1. The van der Waals surface area contributed by atoms with Crippen molar-refractivity contribution in [3.05, 3.63) is 46.4 Å². The summed E-state index contributed by atoms with van der Waals surface area (Å²) in [4.78, 5) is 13.4. The highest BCUT2D eigenvalue weighted by Gasteiger charge is 2.45. The van der Waals surface area contributed by atoms with Crippen LogP contribution in [0.4, 0.5) is 5.69 Å². The van der Waals surface area contributed by atoms with E-state index >= 15 is 0 Å². The Kier molecular flexibility index (Phi) is 10.4. The van der Waals surface area contributed by atoms with Gasteiger partial charge in [0.05, 0.1) is 17.1 Å². The third-order valence-electron chi connectivity index (χ3n) is 8.15. The standard InChI is InChI=1S/C30H47ClN6O4S/c1-9-10-11-12-13-16-19-42(40,41)36-21-18-15-14-17-20(21)23(38)26(39)32-30(7,8)29(5,6)27-34-33-25-22(31)24(28(2,3)4)35-37(25)27/h14-15,17-18,23,35-36,38H,9-13,16,19H2,1-8H3,(H,32,39). The average molecular weight is 623 g/mol. The van der Waals surface area contributed by atoms with Gasteiger partial charge in [0, 0.05) is 21.9 Å². The first kappa shape index (κ1) is 33.9. The molecule has 0 saturated heterocycles. The zero-order chi connectivity index (χ0) is 31.5. The van der Waals surface area contributed by atoms with E-state index in [2.05, 4.69) is 32.3 Å². The Hall–Kier alpha value is -2.63. The van der Waals surface area contributed by atoms with Crippen LogP contribution in [0, 0.1) is 0 Å². The predicted octanol–water partition coefficient (Wildman–Crippen LogP) is 6.02. The maximum atomic E-state index is 13.4.